The molecular formula is C17H26BrNO2. The SMILES string of the molecule is CCNCc1cc(OCC(O)CC2CCCC2)ccc1Br. The number of benzene rings is 1. The van der Waals surface area contributed by atoms with E-state index in [2.05, 4.69) is 28.2 Å². The van der Waals surface area contributed by atoms with Crippen molar-refractivity contribution in [3.05, 3.63) is 28.2 Å². The van der Waals surface area contributed by atoms with Gasteiger partial charge in [0.25, 0.3) is 0 Å². The van der Waals surface area contributed by atoms with E-state index in [0.717, 1.165) is 29.7 Å². The number of hydrogen-bond donors (Lipinski definition) is 2. The van der Waals surface area contributed by atoms with Gasteiger partial charge in [0.15, 0.2) is 0 Å². The van der Waals surface area contributed by atoms with Crippen molar-refractivity contribution in [2.45, 2.75) is 51.7 Å². The van der Waals surface area contributed by atoms with E-state index in [9.17, 15) is 5.11 Å². The number of aliphatic hydroxyl groups excluding tert-OH is 1. The molecule has 0 aromatic heterocycles. The highest BCUT2D eigenvalue weighted by molar-refractivity contribution is 9.10. The number of hydrogen-bond acceptors (Lipinski definition) is 3. The molecule has 1 fully saturated rings. The van der Waals surface area contributed by atoms with Crippen molar-refractivity contribution in [2.24, 2.45) is 5.92 Å². The molecule has 1 atom stereocenters. The molecule has 0 bridgehead atoms. The third kappa shape index (κ3) is 5.61. The van der Waals surface area contributed by atoms with Gasteiger partial charge in [-0.25, -0.2) is 0 Å². The van der Waals surface area contributed by atoms with Gasteiger partial charge < -0.3 is 15.2 Å². The number of rotatable bonds is 8. The Bertz CT molecular complexity index is 433. The van der Waals surface area contributed by atoms with E-state index in [0.29, 0.717) is 12.5 Å². The Hall–Kier alpha value is -0.580. The van der Waals surface area contributed by atoms with E-state index in [4.69, 9.17) is 4.74 Å². The van der Waals surface area contributed by atoms with E-state index < -0.39 is 0 Å². The first-order valence-electron chi connectivity index (χ1n) is 7.99. The van der Waals surface area contributed by atoms with E-state index in [1.54, 1.807) is 0 Å². The zero-order valence-corrected chi connectivity index (χ0v) is 14.4. The lowest BCUT2D eigenvalue weighted by Gasteiger charge is -2.16. The number of aliphatic hydroxyl groups is 1. The smallest absolute Gasteiger partial charge is 0.119 e. The Balaban J connectivity index is 1.81. The van der Waals surface area contributed by atoms with Gasteiger partial charge in [0.05, 0.1) is 6.10 Å². The second kappa shape index (κ2) is 8.76. The lowest BCUT2D eigenvalue weighted by molar-refractivity contribution is 0.0855. The third-order valence-electron chi connectivity index (χ3n) is 4.11. The minimum atomic E-state index is -0.353. The molecule has 2 N–H and O–H groups in total. The van der Waals surface area contributed by atoms with E-state index in [1.165, 1.54) is 31.2 Å². The largest absolute Gasteiger partial charge is 0.491 e. The Morgan fingerprint density at radius 1 is 1.38 bits per heavy atom. The van der Waals surface area contributed by atoms with Crippen LogP contribution < -0.4 is 10.1 Å². The average molecular weight is 356 g/mol. The van der Waals surface area contributed by atoms with Crippen LogP contribution in [0.4, 0.5) is 0 Å². The Morgan fingerprint density at radius 3 is 2.86 bits per heavy atom. The minimum Gasteiger partial charge on any atom is -0.491 e. The molecule has 1 aliphatic rings. The van der Waals surface area contributed by atoms with Gasteiger partial charge in [-0.3, -0.25) is 0 Å². The summed E-state index contributed by atoms with van der Waals surface area (Å²) in [6, 6.07) is 5.99. The molecule has 2 rings (SSSR count). The minimum absolute atomic E-state index is 0.353. The molecular weight excluding hydrogens is 330 g/mol. The molecule has 0 heterocycles. The second-order valence-electron chi connectivity index (χ2n) is 5.88. The van der Waals surface area contributed by atoms with Gasteiger partial charge in [-0.15, -0.1) is 0 Å². The Morgan fingerprint density at radius 2 is 2.14 bits per heavy atom. The molecule has 0 spiro atoms. The molecule has 1 aliphatic carbocycles. The van der Waals surface area contributed by atoms with Crippen LogP contribution in [0.3, 0.4) is 0 Å². The van der Waals surface area contributed by atoms with E-state index in [1.807, 2.05) is 18.2 Å². The maximum atomic E-state index is 10.1. The van der Waals surface area contributed by atoms with Crippen molar-refractivity contribution >= 4 is 15.9 Å². The van der Waals surface area contributed by atoms with Gasteiger partial charge in [0, 0.05) is 11.0 Å². The molecule has 0 radical (unpaired) electrons. The molecule has 1 aromatic carbocycles. The number of ether oxygens (including phenoxy) is 1. The van der Waals surface area contributed by atoms with Gasteiger partial charge >= 0.3 is 0 Å². The van der Waals surface area contributed by atoms with Gasteiger partial charge in [-0.2, -0.15) is 0 Å². The summed E-state index contributed by atoms with van der Waals surface area (Å²) in [5.74, 6) is 1.52. The van der Waals surface area contributed by atoms with Crippen LogP contribution >= 0.6 is 15.9 Å². The first-order valence-corrected chi connectivity index (χ1v) is 8.78. The molecule has 1 saturated carbocycles. The summed E-state index contributed by atoms with van der Waals surface area (Å²) in [6.45, 7) is 4.24. The van der Waals surface area contributed by atoms with Gasteiger partial charge in [-0.05, 0) is 42.6 Å². The van der Waals surface area contributed by atoms with E-state index in [-0.39, 0.29) is 6.10 Å². The van der Waals surface area contributed by atoms with Gasteiger partial charge in [0.1, 0.15) is 12.4 Å². The van der Waals surface area contributed by atoms with Crippen LogP contribution in [-0.2, 0) is 6.54 Å². The molecule has 1 aromatic rings. The first-order chi connectivity index (χ1) is 10.2. The average Bonchev–Trinajstić information content (AvgIpc) is 2.98. The third-order valence-corrected chi connectivity index (χ3v) is 4.88. The molecule has 3 nitrogen and oxygen atoms in total. The van der Waals surface area contributed by atoms with Crippen molar-refractivity contribution in [1.29, 1.82) is 0 Å². The summed E-state index contributed by atoms with van der Waals surface area (Å²) < 4.78 is 6.84. The van der Waals surface area contributed by atoms with Gasteiger partial charge in [-0.1, -0.05) is 48.5 Å². The number of nitrogens with one attached hydrogen (secondary N) is 1. The lowest BCUT2D eigenvalue weighted by atomic mass is 10.0. The van der Waals surface area contributed by atoms with Crippen molar-refractivity contribution in [1.82, 2.24) is 5.32 Å². The predicted octanol–water partition coefficient (Wildman–Crippen LogP) is 3.88. The van der Waals surface area contributed by atoms with Crippen LogP contribution in [0.1, 0.15) is 44.6 Å². The van der Waals surface area contributed by atoms with Crippen LogP contribution in [0.15, 0.2) is 22.7 Å². The summed E-state index contributed by atoms with van der Waals surface area (Å²) >= 11 is 3.55. The second-order valence-corrected chi connectivity index (χ2v) is 6.74. The summed E-state index contributed by atoms with van der Waals surface area (Å²) in [6.07, 6.45) is 5.69. The van der Waals surface area contributed by atoms with Crippen molar-refractivity contribution < 1.29 is 9.84 Å². The fourth-order valence-corrected chi connectivity index (χ4v) is 3.31. The van der Waals surface area contributed by atoms with Crippen molar-refractivity contribution in [3.63, 3.8) is 0 Å². The Labute approximate surface area is 136 Å². The van der Waals surface area contributed by atoms with Crippen LogP contribution in [0.25, 0.3) is 0 Å². The topological polar surface area (TPSA) is 41.5 Å². The quantitative estimate of drug-likeness (QED) is 0.743. The van der Waals surface area contributed by atoms with Gasteiger partial charge in [0.2, 0.25) is 0 Å². The maximum Gasteiger partial charge on any atom is 0.119 e. The molecule has 1 unspecified atom stereocenters. The molecule has 118 valence electrons. The summed E-state index contributed by atoms with van der Waals surface area (Å²) in [5.41, 5.74) is 1.18. The summed E-state index contributed by atoms with van der Waals surface area (Å²) in [7, 11) is 0. The van der Waals surface area contributed by atoms with Crippen LogP contribution in [0.2, 0.25) is 0 Å². The lowest BCUT2D eigenvalue weighted by Crippen LogP contribution is -2.20. The first kappa shape index (κ1) is 16.8. The zero-order valence-electron chi connectivity index (χ0n) is 12.8. The fourth-order valence-electron chi connectivity index (χ4n) is 2.93. The van der Waals surface area contributed by atoms with Crippen LogP contribution in [0, 0.1) is 5.92 Å². The highest BCUT2D eigenvalue weighted by Gasteiger charge is 2.19. The van der Waals surface area contributed by atoms with Crippen molar-refractivity contribution in [3.8, 4) is 5.75 Å². The van der Waals surface area contributed by atoms with Crippen LogP contribution in [-0.4, -0.2) is 24.4 Å². The maximum absolute atomic E-state index is 10.1. The fraction of sp³-hybridized carbons (Fsp3) is 0.647. The standard InChI is InChI=1S/C17H26BrNO2/c1-2-19-11-14-10-16(7-8-17(14)18)21-12-15(20)9-13-5-3-4-6-13/h7-8,10,13,15,19-20H,2-6,9,11-12H2,1H3. The van der Waals surface area contributed by atoms with Crippen LogP contribution in [0.5, 0.6) is 5.75 Å². The number of halogens is 1. The molecule has 4 heteroatoms. The predicted molar refractivity (Wildman–Crippen MR) is 89.6 cm³/mol. The van der Waals surface area contributed by atoms with E-state index >= 15 is 0 Å². The Kier molecular flexibility index (Phi) is 7.00. The highest BCUT2D eigenvalue weighted by Crippen LogP contribution is 2.29. The summed E-state index contributed by atoms with van der Waals surface area (Å²) in [4.78, 5) is 0. The molecule has 0 saturated heterocycles. The molecule has 21 heavy (non-hydrogen) atoms. The monoisotopic (exact) mass is 355 g/mol. The highest BCUT2D eigenvalue weighted by atomic mass is 79.9. The van der Waals surface area contributed by atoms with Crippen molar-refractivity contribution in [2.75, 3.05) is 13.2 Å². The summed E-state index contributed by atoms with van der Waals surface area (Å²) in [5, 5.41) is 13.4. The molecule has 0 amide bonds. The zero-order chi connectivity index (χ0) is 15.1. The normalized spacial score (nSPS) is 17.1. The molecule has 0 aliphatic heterocycles.